The number of nitrogens with zero attached hydrogens (tertiary/aromatic N) is 4. The third-order valence-electron chi connectivity index (χ3n) is 3.38. The van der Waals surface area contributed by atoms with Gasteiger partial charge in [-0.25, -0.2) is 14.3 Å². The van der Waals surface area contributed by atoms with E-state index in [-0.39, 0.29) is 23.8 Å². The number of ether oxygens (including phenoxy) is 1. The highest BCUT2D eigenvalue weighted by molar-refractivity contribution is 5.84. The quantitative estimate of drug-likeness (QED) is 0.763. The number of aromatic carboxylic acids is 1. The summed E-state index contributed by atoms with van der Waals surface area (Å²) < 4.78 is 6.45. The summed E-state index contributed by atoms with van der Waals surface area (Å²) in [5.74, 6) is -1.11. The van der Waals surface area contributed by atoms with E-state index in [1.54, 1.807) is 12.0 Å². The Morgan fingerprint density at radius 2 is 2.29 bits per heavy atom. The molecule has 2 N–H and O–H groups in total. The van der Waals surface area contributed by atoms with E-state index < -0.39 is 5.97 Å². The molecular formula is C12H19N5O4. The first-order valence-corrected chi connectivity index (χ1v) is 6.70. The topological polar surface area (TPSA) is 110 Å². The summed E-state index contributed by atoms with van der Waals surface area (Å²) in [6.45, 7) is 3.50. The molecule has 1 aliphatic rings. The van der Waals surface area contributed by atoms with Gasteiger partial charge in [-0.05, 0) is 13.3 Å². The second kappa shape index (κ2) is 6.53. The largest absolute Gasteiger partial charge is 0.476 e. The lowest BCUT2D eigenvalue weighted by molar-refractivity contribution is 0.0690. The number of aromatic nitrogens is 3. The number of likely N-dealkylation sites (tertiary alicyclic amines) is 1. The fourth-order valence-electron chi connectivity index (χ4n) is 2.01. The number of hydrogen-bond donors (Lipinski definition) is 2. The van der Waals surface area contributed by atoms with Crippen molar-refractivity contribution in [3.8, 4) is 0 Å². The third kappa shape index (κ3) is 3.69. The molecule has 0 bridgehead atoms. The maximum atomic E-state index is 11.9. The molecule has 116 valence electrons. The van der Waals surface area contributed by atoms with E-state index in [0.717, 1.165) is 6.42 Å². The maximum absolute atomic E-state index is 11.9. The Labute approximate surface area is 121 Å². The van der Waals surface area contributed by atoms with Crippen LogP contribution in [0.5, 0.6) is 0 Å². The van der Waals surface area contributed by atoms with Crippen molar-refractivity contribution in [2.24, 2.45) is 0 Å². The zero-order chi connectivity index (χ0) is 15.4. The zero-order valence-corrected chi connectivity index (χ0v) is 12.0. The first-order valence-electron chi connectivity index (χ1n) is 6.70. The molecule has 0 radical (unpaired) electrons. The summed E-state index contributed by atoms with van der Waals surface area (Å²) in [5.41, 5.74) is -0.0916. The molecule has 0 aliphatic carbocycles. The van der Waals surface area contributed by atoms with Gasteiger partial charge in [0.1, 0.15) is 0 Å². The Kier molecular flexibility index (Phi) is 4.73. The Bertz CT molecular complexity index is 512. The lowest BCUT2D eigenvalue weighted by Gasteiger charge is -2.39. The molecule has 1 saturated heterocycles. The van der Waals surface area contributed by atoms with Crippen molar-refractivity contribution in [2.45, 2.75) is 25.4 Å². The minimum Gasteiger partial charge on any atom is -0.476 e. The van der Waals surface area contributed by atoms with E-state index >= 15 is 0 Å². The number of carbonyl (C=O) groups excluding carboxylic acids is 1. The standard InChI is InChI=1S/C12H19N5O4/c1-8(3-4-21-2)13-12(20)16-5-9(6-16)17-7-10(11(18)19)14-15-17/h7-9H,3-6H2,1-2H3,(H,13,20)(H,18,19). The highest BCUT2D eigenvalue weighted by Crippen LogP contribution is 2.20. The number of carboxylic acids is 1. The molecule has 1 atom stereocenters. The first-order chi connectivity index (χ1) is 10.0. The van der Waals surface area contributed by atoms with Crippen molar-refractivity contribution in [1.29, 1.82) is 0 Å². The van der Waals surface area contributed by atoms with Gasteiger partial charge in [-0.15, -0.1) is 5.10 Å². The molecule has 1 fully saturated rings. The van der Waals surface area contributed by atoms with Crippen LogP contribution >= 0.6 is 0 Å². The number of methoxy groups -OCH3 is 1. The SMILES string of the molecule is COCCC(C)NC(=O)N1CC(n2cc(C(=O)O)nn2)C1. The van der Waals surface area contributed by atoms with Gasteiger partial charge < -0.3 is 20.1 Å². The van der Waals surface area contributed by atoms with Crippen molar-refractivity contribution in [3.63, 3.8) is 0 Å². The van der Waals surface area contributed by atoms with E-state index in [1.807, 2.05) is 6.92 Å². The summed E-state index contributed by atoms with van der Waals surface area (Å²) in [4.78, 5) is 24.3. The summed E-state index contributed by atoms with van der Waals surface area (Å²) in [6.07, 6.45) is 2.13. The van der Waals surface area contributed by atoms with Gasteiger partial charge in [-0.2, -0.15) is 0 Å². The van der Waals surface area contributed by atoms with Crippen molar-refractivity contribution in [3.05, 3.63) is 11.9 Å². The number of nitrogens with one attached hydrogen (secondary N) is 1. The van der Waals surface area contributed by atoms with Gasteiger partial charge in [-0.1, -0.05) is 5.21 Å². The lowest BCUT2D eigenvalue weighted by atomic mass is 10.1. The molecule has 1 aromatic rings. The van der Waals surface area contributed by atoms with Crippen molar-refractivity contribution >= 4 is 12.0 Å². The molecule has 0 spiro atoms. The van der Waals surface area contributed by atoms with E-state index in [1.165, 1.54) is 10.9 Å². The Hall–Kier alpha value is -2.16. The fourth-order valence-corrected chi connectivity index (χ4v) is 2.01. The van der Waals surface area contributed by atoms with Crippen LogP contribution in [-0.2, 0) is 4.74 Å². The van der Waals surface area contributed by atoms with Gasteiger partial charge in [0, 0.05) is 32.8 Å². The Morgan fingerprint density at radius 3 is 2.86 bits per heavy atom. The van der Waals surface area contributed by atoms with Crippen LogP contribution in [0.4, 0.5) is 4.79 Å². The molecule has 9 heteroatoms. The van der Waals surface area contributed by atoms with Gasteiger partial charge in [0.25, 0.3) is 0 Å². The van der Waals surface area contributed by atoms with E-state index in [9.17, 15) is 9.59 Å². The van der Waals surface area contributed by atoms with E-state index in [2.05, 4.69) is 15.6 Å². The highest BCUT2D eigenvalue weighted by atomic mass is 16.5. The number of hydrogen-bond acceptors (Lipinski definition) is 5. The van der Waals surface area contributed by atoms with Crippen LogP contribution in [0.1, 0.15) is 29.9 Å². The van der Waals surface area contributed by atoms with Crippen molar-refractivity contribution in [1.82, 2.24) is 25.2 Å². The molecule has 2 heterocycles. The first kappa shape index (κ1) is 15.2. The smallest absolute Gasteiger partial charge is 0.358 e. The van der Waals surface area contributed by atoms with Crippen LogP contribution < -0.4 is 5.32 Å². The maximum Gasteiger partial charge on any atom is 0.358 e. The van der Waals surface area contributed by atoms with Crippen LogP contribution in [0.25, 0.3) is 0 Å². The molecule has 21 heavy (non-hydrogen) atoms. The van der Waals surface area contributed by atoms with Gasteiger partial charge in [0.15, 0.2) is 5.69 Å². The second-order valence-electron chi connectivity index (χ2n) is 5.08. The van der Waals surface area contributed by atoms with E-state index in [0.29, 0.717) is 19.7 Å². The average Bonchev–Trinajstić information content (AvgIpc) is 2.84. The van der Waals surface area contributed by atoms with Crippen LogP contribution in [0, 0.1) is 0 Å². The predicted octanol–water partition coefficient (Wildman–Crippen LogP) is -0.0324. The average molecular weight is 297 g/mol. The molecule has 9 nitrogen and oxygen atoms in total. The monoisotopic (exact) mass is 297 g/mol. The number of urea groups is 1. The number of amides is 2. The molecule has 1 aromatic heterocycles. The second-order valence-corrected chi connectivity index (χ2v) is 5.08. The molecule has 0 saturated carbocycles. The summed E-state index contributed by atoms with van der Waals surface area (Å²) in [5, 5.41) is 19.0. The van der Waals surface area contributed by atoms with Gasteiger partial charge >= 0.3 is 12.0 Å². The minimum atomic E-state index is -1.11. The molecule has 2 rings (SSSR count). The van der Waals surface area contributed by atoms with Crippen molar-refractivity contribution < 1.29 is 19.4 Å². The number of carbonyl (C=O) groups is 2. The lowest BCUT2D eigenvalue weighted by Crippen LogP contribution is -2.55. The van der Waals surface area contributed by atoms with Gasteiger partial charge in [-0.3, -0.25) is 0 Å². The fraction of sp³-hybridized carbons (Fsp3) is 0.667. The molecule has 2 amide bonds. The van der Waals surface area contributed by atoms with Crippen LogP contribution in [-0.4, -0.2) is 69.8 Å². The molecular weight excluding hydrogens is 278 g/mol. The molecule has 1 unspecified atom stereocenters. The zero-order valence-electron chi connectivity index (χ0n) is 12.0. The van der Waals surface area contributed by atoms with Crippen LogP contribution in [0.15, 0.2) is 6.20 Å². The summed E-state index contributed by atoms with van der Waals surface area (Å²) in [6, 6.07) is -0.111. The van der Waals surface area contributed by atoms with Gasteiger partial charge in [0.05, 0.1) is 12.2 Å². The minimum absolute atomic E-state index is 0.0226. The Morgan fingerprint density at radius 1 is 1.57 bits per heavy atom. The molecule has 1 aliphatic heterocycles. The van der Waals surface area contributed by atoms with E-state index in [4.69, 9.17) is 9.84 Å². The number of carboxylic acid groups (broad SMARTS) is 1. The summed E-state index contributed by atoms with van der Waals surface area (Å²) in [7, 11) is 1.62. The summed E-state index contributed by atoms with van der Waals surface area (Å²) >= 11 is 0. The van der Waals surface area contributed by atoms with Crippen molar-refractivity contribution in [2.75, 3.05) is 26.8 Å². The third-order valence-corrected chi connectivity index (χ3v) is 3.38. The highest BCUT2D eigenvalue weighted by Gasteiger charge is 2.33. The predicted molar refractivity (Wildman–Crippen MR) is 72.1 cm³/mol. The normalized spacial score (nSPS) is 16.4. The van der Waals surface area contributed by atoms with Gasteiger partial charge in [0.2, 0.25) is 0 Å². The van der Waals surface area contributed by atoms with Crippen LogP contribution in [0.3, 0.4) is 0 Å². The number of rotatable bonds is 6. The Balaban J connectivity index is 1.77. The molecule has 0 aromatic carbocycles. The van der Waals surface area contributed by atoms with Crippen LogP contribution in [0.2, 0.25) is 0 Å².